The Hall–Kier alpha value is -0.240. The van der Waals surface area contributed by atoms with E-state index < -0.39 is 0 Å². The third-order valence-electron chi connectivity index (χ3n) is 3.47. The van der Waals surface area contributed by atoms with Crippen LogP contribution in [0.1, 0.15) is 52.4 Å². The van der Waals surface area contributed by atoms with Gasteiger partial charge in [-0.1, -0.05) is 39.5 Å². The Kier molecular flexibility index (Phi) is 6.18. The van der Waals surface area contributed by atoms with Gasteiger partial charge in [-0.2, -0.15) is 0 Å². The Labute approximate surface area is 104 Å². The fourth-order valence-corrected chi connectivity index (χ4v) is 2.25. The Balaban J connectivity index is 2.06. The highest BCUT2D eigenvalue weighted by atomic mass is 35.5. The van der Waals surface area contributed by atoms with Crippen molar-refractivity contribution in [2.45, 2.75) is 57.7 Å². The van der Waals surface area contributed by atoms with Gasteiger partial charge < -0.3 is 5.32 Å². The van der Waals surface area contributed by atoms with Crippen LogP contribution in [0.5, 0.6) is 0 Å². The van der Waals surface area contributed by atoms with Gasteiger partial charge >= 0.3 is 0 Å². The zero-order valence-corrected chi connectivity index (χ0v) is 11.2. The van der Waals surface area contributed by atoms with Crippen LogP contribution in [0.3, 0.4) is 0 Å². The predicted molar refractivity (Wildman–Crippen MR) is 68.7 cm³/mol. The first-order valence-corrected chi connectivity index (χ1v) is 6.94. The summed E-state index contributed by atoms with van der Waals surface area (Å²) in [4.78, 5) is 11.6. The third-order valence-corrected chi connectivity index (χ3v) is 4.13. The van der Waals surface area contributed by atoms with Crippen molar-refractivity contribution in [3.05, 3.63) is 0 Å². The molecule has 1 rings (SSSR count). The molecule has 2 nitrogen and oxygen atoms in total. The topological polar surface area (TPSA) is 29.1 Å². The largest absolute Gasteiger partial charge is 0.355 e. The smallest absolute Gasteiger partial charge is 0.220 e. The van der Waals surface area contributed by atoms with Crippen molar-refractivity contribution in [3.8, 4) is 0 Å². The molecular weight excluding hydrogens is 222 g/mol. The molecule has 16 heavy (non-hydrogen) atoms. The van der Waals surface area contributed by atoms with Gasteiger partial charge in [0.05, 0.1) is 5.38 Å². The molecule has 1 aliphatic rings. The van der Waals surface area contributed by atoms with E-state index in [0.29, 0.717) is 18.9 Å². The van der Waals surface area contributed by atoms with E-state index in [1.54, 1.807) is 0 Å². The normalized spacial score (nSPS) is 19.0. The zero-order valence-electron chi connectivity index (χ0n) is 10.5. The molecule has 1 N–H and O–H groups in total. The molecule has 1 aliphatic carbocycles. The minimum atomic E-state index is 0.0513. The average molecular weight is 246 g/mol. The summed E-state index contributed by atoms with van der Waals surface area (Å²) in [5, 5.41) is 2.97. The predicted octanol–water partition coefficient (Wildman–Crippen LogP) is 3.34. The highest BCUT2D eigenvalue weighted by Crippen LogP contribution is 2.28. The first-order chi connectivity index (χ1) is 7.59. The molecule has 0 spiro atoms. The van der Waals surface area contributed by atoms with Crippen molar-refractivity contribution in [1.82, 2.24) is 5.32 Å². The lowest BCUT2D eigenvalue weighted by Gasteiger charge is -2.14. The number of hydrogen-bond donors (Lipinski definition) is 1. The van der Waals surface area contributed by atoms with Crippen LogP contribution < -0.4 is 5.32 Å². The Morgan fingerprint density at radius 2 is 2.00 bits per heavy atom. The van der Waals surface area contributed by atoms with E-state index in [0.717, 1.165) is 12.3 Å². The van der Waals surface area contributed by atoms with Gasteiger partial charge in [0.15, 0.2) is 0 Å². The molecule has 0 heterocycles. The monoisotopic (exact) mass is 245 g/mol. The molecule has 1 unspecified atom stereocenters. The van der Waals surface area contributed by atoms with Crippen LogP contribution in [0.4, 0.5) is 0 Å². The lowest BCUT2D eigenvalue weighted by atomic mass is 10.0. The second-order valence-electron chi connectivity index (χ2n) is 5.25. The summed E-state index contributed by atoms with van der Waals surface area (Å²) < 4.78 is 0. The third kappa shape index (κ3) is 5.20. The van der Waals surface area contributed by atoms with Gasteiger partial charge in [0.1, 0.15) is 0 Å². The van der Waals surface area contributed by atoms with Crippen LogP contribution in [0.25, 0.3) is 0 Å². The van der Waals surface area contributed by atoms with E-state index in [9.17, 15) is 4.79 Å². The van der Waals surface area contributed by atoms with Gasteiger partial charge in [-0.25, -0.2) is 0 Å². The van der Waals surface area contributed by atoms with Gasteiger partial charge in [-0.15, -0.1) is 11.6 Å². The highest BCUT2D eigenvalue weighted by Gasteiger charge is 2.16. The molecule has 0 aromatic carbocycles. The van der Waals surface area contributed by atoms with Gasteiger partial charge in [-0.05, 0) is 18.3 Å². The fraction of sp³-hybridized carbons (Fsp3) is 0.923. The molecule has 0 bridgehead atoms. The molecule has 0 aliphatic heterocycles. The molecule has 0 radical (unpaired) electrons. The molecule has 0 saturated heterocycles. The van der Waals surface area contributed by atoms with E-state index in [1.807, 2.05) is 0 Å². The van der Waals surface area contributed by atoms with Gasteiger partial charge in [0.25, 0.3) is 0 Å². The minimum Gasteiger partial charge on any atom is -0.355 e. The van der Waals surface area contributed by atoms with E-state index in [4.69, 9.17) is 11.6 Å². The molecule has 1 fully saturated rings. The summed E-state index contributed by atoms with van der Waals surface area (Å²) in [7, 11) is 0. The standard InChI is InChI=1S/C13H24ClNO/c1-10(2)12(14)9-15-13(16)8-7-11-5-3-4-6-11/h10-12H,3-9H2,1-2H3,(H,15,16). The number of carbonyl (C=O) groups excluding carboxylic acids is 1. The second kappa shape index (κ2) is 7.16. The number of hydrogen-bond acceptors (Lipinski definition) is 1. The van der Waals surface area contributed by atoms with Crippen LogP contribution in [-0.4, -0.2) is 17.8 Å². The molecule has 94 valence electrons. The zero-order chi connectivity index (χ0) is 12.0. The van der Waals surface area contributed by atoms with Crippen LogP contribution in [0, 0.1) is 11.8 Å². The Bertz CT molecular complexity index is 204. The maximum absolute atomic E-state index is 11.6. The summed E-state index contributed by atoms with van der Waals surface area (Å²) in [6.07, 6.45) is 7.06. The van der Waals surface area contributed by atoms with Crippen LogP contribution >= 0.6 is 11.6 Å². The van der Waals surface area contributed by atoms with Crippen LogP contribution in [0.15, 0.2) is 0 Å². The lowest BCUT2D eigenvalue weighted by molar-refractivity contribution is -0.121. The summed E-state index contributed by atoms with van der Waals surface area (Å²) in [5.41, 5.74) is 0. The van der Waals surface area contributed by atoms with Crippen molar-refractivity contribution in [1.29, 1.82) is 0 Å². The molecule has 1 amide bonds. The first kappa shape index (κ1) is 13.8. The molecule has 1 saturated carbocycles. The minimum absolute atomic E-state index is 0.0513. The molecule has 1 atom stereocenters. The van der Waals surface area contributed by atoms with Crippen molar-refractivity contribution in [2.24, 2.45) is 11.8 Å². The number of rotatable bonds is 6. The average Bonchev–Trinajstić information content (AvgIpc) is 2.75. The SMILES string of the molecule is CC(C)C(Cl)CNC(=O)CCC1CCCC1. The maximum Gasteiger partial charge on any atom is 0.220 e. The van der Waals surface area contributed by atoms with Gasteiger partial charge in [0.2, 0.25) is 5.91 Å². The number of halogens is 1. The van der Waals surface area contributed by atoms with Crippen molar-refractivity contribution in [2.75, 3.05) is 6.54 Å². The molecule has 0 aromatic heterocycles. The van der Waals surface area contributed by atoms with Crippen molar-refractivity contribution < 1.29 is 4.79 Å². The van der Waals surface area contributed by atoms with E-state index in [1.165, 1.54) is 25.7 Å². The molecular formula is C13H24ClNO. The highest BCUT2D eigenvalue weighted by molar-refractivity contribution is 6.21. The van der Waals surface area contributed by atoms with Crippen LogP contribution in [0.2, 0.25) is 0 Å². The lowest BCUT2D eigenvalue weighted by Crippen LogP contribution is -2.32. The van der Waals surface area contributed by atoms with Crippen molar-refractivity contribution >= 4 is 17.5 Å². The summed E-state index contributed by atoms with van der Waals surface area (Å²) in [6.45, 7) is 4.74. The van der Waals surface area contributed by atoms with E-state index >= 15 is 0 Å². The Morgan fingerprint density at radius 1 is 1.38 bits per heavy atom. The number of amides is 1. The molecule has 0 aromatic rings. The summed E-state index contributed by atoms with van der Waals surface area (Å²) in [5.74, 6) is 1.37. The summed E-state index contributed by atoms with van der Waals surface area (Å²) in [6, 6.07) is 0. The maximum atomic E-state index is 11.6. The van der Waals surface area contributed by atoms with Gasteiger partial charge in [-0.3, -0.25) is 4.79 Å². The fourth-order valence-electron chi connectivity index (χ4n) is 2.17. The van der Waals surface area contributed by atoms with Crippen molar-refractivity contribution in [3.63, 3.8) is 0 Å². The number of nitrogens with one attached hydrogen (secondary N) is 1. The first-order valence-electron chi connectivity index (χ1n) is 6.50. The number of alkyl halides is 1. The van der Waals surface area contributed by atoms with E-state index in [2.05, 4.69) is 19.2 Å². The van der Waals surface area contributed by atoms with Crippen LogP contribution in [-0.2, 0) is 4.79 Å². The Morgan fingerprint density at radius 3 is 2.56 bits per heavy atom. The number of carbonyl (C=O) groups is 1. The van der Waals surface area contributed by atoms with E-state index in [-0.39, 0.29) is 11.3 Å². The molecule has 3 heteroatoms. The second-order valence-corrected chi connectivity index (χ2v) is 5.81. The van der Waals surface area contributed by atoms with Gasteiger partial charge in [0, 0.05) is 13.0 Å². The quantitative estimate of drug-likeness (QED) is 0.715. The summed E-state index contributed by atoms with van der Waals surface area (Å²) >= 11 is 6.07.